The molecule has 0 saturated carbocycles. The average Bonchev–Trinajstić information content (AvgIpc) is 2.32. The number of hydrogen-bond donors (Lipinski definition) is 2. The molecule has 1 aromatic rings. The number of halogens is 1. The van der Waals surface area contributed by atoms with E-state index in [2.05, 4.69) is 5.32 Å². The summed E-state index contributed by atoms with van der Waals surface area (Å²) in [6.45, 7) is 1.92. The first-order valence-electron chi connectivity index (χ1n) is 5.77. The normalized spacial score (nSPS) is 11.9. The van der Waals surface area contributed by atoms with Crippen LogP contribution in [0.2, 0.25) is 5.02 Å². The number of rotatable bonds is 6. The lowest BCUT2D eigenvalue weighted by molar-refractivity contribution is -0.141. The van der Waals surface area contributed by atoms with Gasteiger partial charge in [-0.25, -0.2) is 0 Å². The summed E-state index contributed by atoms with van der Waals surface area (Å²) < 4.78 is 0. The van der Waals surface area contributed by atoms with Crippen LogP contribution in [-0.2, 0) is 16.0 Å². The maximum atomic E-state index is 11.6. The number of amides is 1. The molecule has 0 aromatic heterocycles. The van der Waals surface area contributed by atoms with Crippen LogP contribution in [0, 0.1) is 5.92 Å². The van der Waals surface area contributed by atoms with E-state index >= 15 is 0 Å². The third-order valence-electron chi connectivity index (χ3n) is 2.70. The van der Waals surface area contributed by atoms with Crippen molar-refractivity contribution in [2.75, 3.05) is 6.54 Å². The first-order chi connectivity index (χ1) is 8.54. The quantitative estimate of drug-likeness (QED) is 0.831. The molecule has 5 heteroatoms. The molecule has 0 saturated heterocycles. The van der Waals surface area contributed by atoms with E-state index in [0.29, 0.717) is 11.4 Å². The first-order valence-corrected chi connectivity index (χ1v) is 6.15. The van der Waals surface area contributed by atoms with Gasteiger partial charge >= 0.3 is 5.97 Å². The van der Waals surface area contributed by atoms with Gasteiger partial charge in [-0.05, 0) is 18.1 Å². The predicted molar refractivity (Wildman–Crippen MR) is 69.6 cm³/mol. The fourth-order valence-electron chi connectivity index (χ4n) is 1.52. The van der Waals surface area contributed by atoms with Gasteiger partial charge in [0.25, 0.3) is 0 Å². The van der Waals surface area contributed by atoms with E-state index < -0.39 is 11.9 Å². The van der Waals surface area contributed by atoms with Gasteiger partial charge in [-0.2, -0.15) is 0 Å². The summed E-state index contributed by atoms with van der Waals surface area (Å²) in [6, 6.07) is 7.09. The SMILES string of the molecule is CCC(CNC(=O)Cc1ccccc1Cl)C(=O)O. The van der Waals surface area contributed by atoms with Gasteiger partial charge in [0, 0.05) is 11.6 Å². The summed E-state index contributed by atoms with van der Waals surface area (Å²) in [5, 5.41) is 12.0. The summed E-state index contributed by atoms with van der Waals surface area (Å²) in [5.41, 5.74) is 0.736. The fraction of sp³-hybridized carbons (Fsp3) is 0.385. The van der Waals surface area contributed by atoms with Crippen molar-refractivity contribution >= 4 is 23.5 Å². The molecule has 0 aliphatic rings. The lowest BCUT2D eigenvalue weighted by Crippen LogP contribution is -2.33. The molecule has 1 atom stereocenters. The first kappa shape index (κ1) is 14.5. The summed E-state index contributed by atoms with van der Waals surface area (Å²) in [6.07, 6.45) is 0.650. The molecule has 4 nitrogen and oxygen atoms in total. The van der Waals surface area contributed by atoms with Gasteiger partial charge in [0.05, 0.1) is 12.3 Å². The van der Waals surface area contributed by atoms with Crippen LogP contribution in [-0.4, -0.2) is 23.5 Å². The maximum Gasteiger partial charge on any atom is 0.308 e. The zero-order chi connectivity index (χ0) is 13.5. The molecule has 0 aliphatic heterocycles. The summed E-state index contributed by atoms with van der Waals surface area (Å²) in [7, 11) is 0. The Labute approximate surface area is 111 Å². The third kappa shape index (κ3) is 4.37. The fourth-order valence-corrected chi connectivity index (χ4v) is 1.72. The van der Waals surface area contributed by atoms with E-state index in [4.69, 9.17) is 16.7 Å². The van der Waals surface area contributed by atoms with Crippen LogP contribution in [0.25, 0.3) is 0 Å². The van der Waals surface area contributed by atoms with Crippen LogP contribution in [0.15, 0.2) is 24.3 Å². The van der Waals surface area contributed by atoms with Gasteiger partial charge in [-0.1, -0.05) is 36.7 Å². The monoisotopic (exact) mass is 269 g/mol. The Morgan fingerprint density at radius 1 is 1.39 bits per heavy atom. The Balaban J connectivity index is 2.48. The van der Waals surface area contributed by atoms with Gasteiger partial charge in [0.15, 0.2) is 0 Å². The van der Waals surface area contributed by atoms with E-state index in [0.717, 1.165) is 5.56 Å². The molecule has 1 amide bonds. The van der Waals surface area contributed by atoms with Crippen molar-refractivity contribution < 1.29 is 14.7 Å². The minimum Gasteiger partial charge on any atom is -0.481 e. The molecule has 18 heavy (non-hydrogen) atoms. The molecule has 1 rings (SSSR count). The lowest BCUT2D eigenvalue weighted by atomic mass is 10.1. The van der Waals surface area contributed by atoms with Crippen LogP contribution in [0.3, 0.4) is 0 Å². The molecular weight excluding hydrogens is 254 g/mol. The molecule has 98 valence electrons. The highest BCUT2D eigenvalue weighted by Crippen LogP contribution is 2.15. The number of aliphatic carboxylic acids is 1. The van der Waals surface area contributed by atoms with Crippen LogP contribution in [0.1, 0.15) is 18.9 Å². The zero-order valence-electron chi connectivity index (χ0n) is 10.1. The minimum absolute atomic E-state index is 0.148. The van der Waals surface area contributed by atoms with E-state index in [1.165, 1.54) is 0 Å². The Hall–Kier alpha value is -1.55. The van der Waals surface area contributed by atoms with E-state index in [-0.39, 0.29) is 18.9 Å². The van der Waals surface area contributed by atoms with Crippen molar-refractivity contribution in [3.8, 4) is 0 Å². The average molecular weight is 270 g/mol. The zero-order valence-corrected chi connectivity index (χ0v) is 10.9. The molecule has 1 unspecified atom stereocenters. The summed E-state index contributed by atoms with van der Waals surface area (Å²) in [4.78, 5) is 22.4. The van der Waals surface area contributed by atoms with Crippen LogP contribution in [0.4, 0.5) is 0 Å². The van der Waals surface area contributed by atoms with Gasteiger partial charge in [0.2, 0.25) is 5.91 Å². The van der Waals surface area contributed by atoms with Crippen molar-refractivity contribution in [3.05, 3.63) is 34.9 Å². The van der Waals surface area contributed by atoms with Crippen molar-refractivity contribution in [2.45, 2.75) is 19.8 Å². The second-order valence-corrected chi connectivity index (χ2v) is 4.42. The maximum absolute atomic E-state index is 11.6. The van der Waals surface area contributed by atoms with Crippen LogP contribution >= 0.6 is 11.6 Å². The highest BCUT2D eigenvalue weighted by molar-refractivity contribution is 6.31. The second kappa shape index (κ2) is 7.01. The summed E-state index contributed by atoms with van der Waals surface area (Å²) >= 11 is 5.93. The Kier molecular flexibility index (Phi) is 5.65. The molecular formula is C13H16ClNO3. The van der Waals surface area contributed by atoms with E-state index in [1.54, 1.807) is 31.2 Å². The van der Waals surface area contributed by atoms with Gasteiger partial charge < -0.3 is 10.4 Å². The van der Waals surface area contributed by atoms with Gasteiger partial charge in [-0.15, -0.1) is 0 Å². The van der Waals surface area contributed by atoms with Gasteiger partial charge in [0.1, 0.15) is 0 Å². The number of nitrogens with one attached hydrogen (secondary N) is 1. The van der Waals surface area contributed by atoms with Crippen LogP contribution < -0.4 is 5.32 Å². The van der Waals surface area contributed by atoms with Crippen molar-refractivity contribution in [2.24, 2.45) is 5.92 Å². The second-order valence-electron chi connectivity index (χ2n) is 4.02. The predicted octanol–water partition coefficient (Wildman–Crippen LogP) is 2.11. The van der Waals surface area contributed by atoms with Crippen molar-refractivity contribution in [3.63, 3.8) is 0 Å². The molecule has 0 aliphatic carbocycles. The molecule has 0 radical (unpaired) electrons. The number of benzene rings is 1. The highest BCUT2D eigenvalue weighted by atomic mass is 35.5. The van der Waals surface area contributed by atoms with Crippen molar-refractivity contribution in [1.82, 2.24) is 5.32 Å². The number of carboxylic acid groups (broad SMARTS) is 1. The smallest absolute Gasteiger partial charge is 0.308 e. The Bertz CT molecular complexity index is 434. The van der Waals surface area contributed by atoms with Gasteiger partial charge in [-0.3, -0.25) is 9.59 Å². The minimum atomic E-state index is -0.893. The Morgan fingerprint density at radius 3 is 2.61 bits per heavy atom. The molecule has 0 bridgehead atoms. The van der Waals surface area contributed by atoms with E-state index in [1.807, 2.05) is 0 Å². The van der Waals surface area contributed by atoms with Crippen molar-refractivity contribution in [1.29, 1.82) is 0 Å². The standard InChI is InChI=1S/C13H16ClNO3/c1-2-9(13(17)18)8-15-12(16)7-10-5-3-4-6-11(10)14/h3-6,9H,2,7-8H2,1H3,(H,15,16)(H,17,18). The Morgan fingerprint density at radius 2 is 2.06 bits per heavy atom. The number of carbonyl (C=O) groups is 2. The number of hydrogen-bond acceptors (Lipinski definition) is 2. The molecule has 1 aromatic carbocycles. The van der Waals surface area contributed by atoms with Crippen LogP contribution in [0.5, 0.6) is 0 Å². The summed E-state index contributed by atoms with van der Waals surface area (Å²) in [5.74, 6) is -1.65. The molecule has 0 spiro atoms. The molecule has 0 fully saturated rings. The third-order valence-corrected chi connectivity index (χ3v) is 3.07. The molecule has 0 heterocycles. The van der Waals surface area contributed by atoms with E-state index in [9.17, 15) is 9.59 Å². The lowest BCUT2D eigenvalue weighted by Gasteiger charge is -2.11. The highest BCUT2D eigenvalue weighted by Gasteiger charge is 2.16. The number of carbonyl (C=O) groups excluding carboxylic acids is 1. The number of carboxylic acids is 1. The largest absolute Gasteiger partial charge is 0.481 e. The topological polar surface area (TPSA) is 66.4 Å². The molecule has 2 N–H and O–H groups in total.